The smallest absolute Gasteiger partial charge is 0.288 e. The number of benzene rings is 2. The largest absolute Gasteiger partial charge is 0.378 e. The van der Waals surface area contributed by atoms with Crippen molar-refractivity contribution in [3.05, 3.63) is 58.6 Å². The topological polar surface area (TPSA) is 80.5 Å². The van der Waals surface area contributed by atoms with E-state index in [0.717, 1.165) is 0 Å². The van der Waals surface area contributed by atoms with Crippen molar-refractivity contribution >= 4 is 21.2 Å². The Bertz CT molecular complexity index is 771. The average Bonchev–Trinajstić information content (AvgIpc) is 2.47. The number of nitro benzene ring substituents is 1. The molecule has 2 aromatic carbocycles. The second-order valence-corrected chi connectivity index (χ2v) is 6.54. The summed E-state index contributed by atoms with van der Waals surface area (Å²) >= 11 is 0. The van der Waals surface area contributed by atoms with E-state index in [1.54, 1.807) is 37.2 Å². The summed E-state index contributed by atoms with van der Waals surface area (Å²) in [6.45, 7) is 0. The normalized spacial score (nSPS) is 11.1. The second kappa shape index (κ2) is 5.53. The zero-order valence-electron chi connectivity index (χ0n) is 11.6. The fourth-order valence-corrected chi connectivity index (χ4v) is 3.34. The van der Waals surface area contributed by atoms with Gasteiger partial charge in [-0.15, -0.1) is 0 Å². The minimum Gasteiger partial charge on any atom is -0.378 e. The Labute approximate surface area is 122 Å². The fraction of sp³-hybridized carbons (Fsp3) is 0.143. The minimum absolute atomic E-state index is 0.0315. The molecule has 0 spiro atoms. The summed E-state index contributed by atoms with van der Waals surface area (Å²) < 4.78 is 25.2. The highest BCUT2D eigenvalue weighted by Gasteiger charge is 2.28. The van der Waals surface area contributed by atoms with Crippen LogP contribution in [0.1, 0.15) is 0 Å². The Hall–Kier alpha value is -2.41. The van der Waals surface area contributed by atoms with Crippen molar-refractivity contribution in [2.45, 2.75) is 9.79 Å². The van der Waals surface area contributed by atoms with Crippen LogP contribution >= 0.6 is 0 Å². The van der Waals surface area contributed by atoms with Gasteiger partial charge in [0, 0.05) is 25.8 Å². The van der Waals surface area contributed by atoms with Crippen LogP contribution < -0.4 is 4.90 Å². The summed E-state index contributed by atoms with van der Waals surface area (Å²) in [7, 11) is -0.467. The highest BCUT2D eigenvalue weighted by atomic mass is 32.2. The zero-order chi connectivity index (χ0) is 15.6. The number of sulfone groups is 1. The quantitative estimate of drug-likeness (QED) is 0.640. The number of nitro groups is 1. The predicted molar refractivity (Wildman–Crippen MR) is 79.3 cm³/mol. The van der Waals surface area contributed by atoms with Gasteiger partial charge in [-0.1, -0.05) is 18.2 Å². The minimum atomic E-state index is -3.94. The van der Waals surface area contributed by atoms with Gasteiger partial charge in [-0.25, -0.2) is 8.42 Å². The van der Waals surface area contributed by atoms with Gasteiger partial charge in [0.05, 0.1) is 9.82 Å². The summed E-state index contributed by atoms with van der Waals surface area (Å²) in [6.07, 6.45) is 0. The molecule has 0 saturated heterocycles. The molecule has 0 aliphatic rings. The van der Waals surface area contributed by atoms with Gasteiger partial charge in [0.2, 0.25) is 9.84 Å². The number of rotatable bonds is 4. The molecule has 0 aliphatic carbocycles. The van der Waals surface area contributed by atoms with E-state index in [2.05, 4.69) is 0 Å². The van der Waals surface area contributed by atoms with Gasteiger partial charge in [0.1, 0.15) is 0 Å². The van der Waals surface area contributed by atoms with Crippen molar-refractivity contribution in [2.75, 3.05) is 19.0 Å². The molecule has 7 heteroatoms. The third kappa shape index (κ3) is 2.87. The van der Waals surface area contributed by atoms with Crippen molar-refractivity contribution < 1.29 is 13.3 Å². The van der Waals surface area contributed by atoms with Crippen LogP contribution in [0.25, 0.3) is 0 Å². The molecule has 2 aromatic rings. The van der Waals surface area contributed by atoms with Gasteiger partial charge < -0.3 is 4.90 Å². The van der Waals surface area contributed by atoms with Crippen LogP contribution in [0.5, 0.6) is 0 Å². The van der Waals surface area contributed by atoms with Crippen LogP contribution in [0, 0.1) is 10.1 Å². The van der Waals surface area contributed by atoms with Gasteiger partial charge in [0.15, 0.2) is 4.90 Å². The molecule has 0 bridgehead atoms. The van der Waals surface area contributed by atoms with Gasteiger partial charge in [-0.05, 0) is 24.3 Å². The molecule has 0 amide bonds. The van der Waals surface area contributed by atoms with Crippen LogP contribution in [0.3, 0.4) is 0 Å². The van der Waals surface area contributed by atoms with Crippen molar-refractivity contribution in [2.24, 2.45) is 0 Å². The SMILES string of the molecule is CN(C)c1ccc([N+](=O)[O-])c(S(=O)(=O)c2ccccc2)c1. The van der Waals surface area contributed by atoms with Gasteiger partial charge in [-0.3, -0.25) is 10.1 Å². The van der Waals surface area contributed by atoms with E-state index in [-0.39, 0.29) is 9.79 Å². The molecule has 0 aliphatic heterocycles. The predicted octanol–water partition coefficient (Wildman–Crippen LogP) is 2.49. The number of hydrogen-bond acceptors (Lipinski definition) is 5. The average molecular weight is 306 g/mol. The summed E-state index contributed by atoms with van der Waals surface area (Å²) in [5, 5.41) is 11.1. The van der Waals surface area contributed by atoms with Crippen molar-refractivity contribution in [3.63, 3.8) is 0 Å². The lowest BCUT2D eigenvalue weighted by Gasteiger charge is -2.14. The van der Waals surface area contributed by atoms with Crippen molar-refractivity contribution in [1.82, 2.24) is 0 Å². The molecule has 0 fully saturated rings. The lowest BCUT2D eigenvalue weighted by Crippen LogP contribution is -2.11. The number of anilines is 1. The fourth-order valence-electron chi connectivity index (χ4n) is 1.87. The lowest BCUT2D eigenvalue weighted by atomic mass is 10.2. The standard InChI is InChI=1S/C14H14N2O4S/c1-15(2)11-8-9-13(16(17)18)14(10-11)21(19,20)12-6-4-3-5-7-12/h3-10H,1-2H3. The molecular weight excluding hydrogens is 292 g/mol. The molecule has 0 aromatic heterocycles. The van der Waals surface area contributed by atoms with E-state index in [0.29, 0.717) is 5.69 Å². The molecular formula is C14H14N2O4S. The molecule has 21 heavy (non-hydrogen) atoms. The molecule has 6 nitrogen and oxygen atoms in total. The second-order valence-electron chi connectivity index (χ2n) is 4.62. The third-order valence-corrected chi connectivity index (χ3v) is 4.80. The summed E-state index contributed by atoms with van der Waals surface area (Å²) in [5.74, 6) is 0. The number of nitrogens with zero attached hydrogens (tertiary/aromatic N) is 2. The summed E-state index contributed by atoms with van der Waals surface area (Å²) in [6, 6.07) is 11.7. The van der Waals surface area contributed by atoms with E-state index < -0.39 is 20.4 Å². The molecule has 0 N–H and O–H groups in total. The molecule has 0 atom stereocenters. The third-order valence-electron chi connectivity index (χ3n) is 3.00. The highest BCUT2D eigenvalue weighted by molar-refractivity contribution is 7.91. The lowest BCUT2D eigenvalue weighted by molar-refractivity contribution is -0.387. The first-order chi connectivity index (χ1) is 9.84. The Morgan fingerprint density at radius 2 is 1.67 bits per heavy atom. The highest BCUT2D eigenvalue weighted by Crippen LogP contribution is 2.32. The van der Waals surface area contributed by atoms with E-state index in [9.17, 15) is 18.5 Å². The summed E-state index contributed by atoms with van der Waals surface area (Å²) in [4.78, 5) is 11.8. The Balaban J connectivity index is 2.71. The maximum absolute atomic E-state index is 12.6. The first kappa shape index (κ1) is 15.0. The molecule has 0 saturated carbocycles. The first-order valence-corrected chi connectivity index (χ1v) is 7.58. The van der Waals surface area contributed by atoms with E-state index in [1.807, 2.05) is 0 Å². The van der Waals surface area contributed by atoms with E-state index >= 15 is 0 Å². The van der Waals surface area contributed by atoms with E-state index in [1.165, 1.54) is 30.3 Å². The van der Waals surface area contributed by atoms with Crippen LogP contribution in [-0.4, -0.2) is 27.4 Å². The molecule has 110 valence electrons. The maximum atomic E-state index is 12.6. The van der Waals surface area contributed by atoms with Crippen LogP contribution in [-0.2, 0) is 9.84 Å². The molecule has 0 radical (unpaired) electrons. The molecule has 0 unspecified atom stereocenters. The van der Waals surface area contributed by atoms with Crippen molar-refractivity contribution in [3.8, 4) is 0 Å². The van der Waals surface area contributed by atoms with Gasteiger partial charge >= 0.3 is 0 Å². The molecule has 0 heterocycles. The Morgan fingerprint density at radius 3 is 2.19 bits per heavy atom. The van der Waals surface area contributed by atoms with Crippen molar-refractivity contribution in [1.29, 1.82) is 0 Å². The van der Waals surface area contributed by atoms with E-state index in [4.69, 9.17) is 0 Å². The zero-order valence-corrected chi connectivity index (χ0v) is 12.4. The van der Waals surface area contributed by atoms with Crippen LogP contribution in [0.2, 0.25) is 0 Å². The van der Waals surface area contributed by atoms with Crippen LogP contribution in [0.15, 0.2) is 58.3 Å². The number of hydrogen-bond donors (Lipinski definition) is 0. The first-order valence-electron chi connectivity index (χ1n) is 6.10. The van der Waals surface area contributed by atoms with Crippen LogP contribution in [0.4, 0.5) is 11.4 Å². The monoisotopic (exact) mass is 306 g/mol. The Morgan fingerprint density at radius 1 is 1.05 bits per heavy atom. The van der Waals surface area contributed by atoms with Gasteiger partial charge in [0.25, 0.3) is 5.69 Å². The maximum Gasteiger partial charge on any atom is 0.288 e. The molecule has 2 rings (SSSR count). The Kier molecular flexibility index (Phi) is 3.95. The van der Waals surface area contributed by atoms with Gasteiger partial charge in [-0.2, -0.15) is 0 Å². The summed E-state index contributed by atoms with van der Waals surface area (Å²) in [5.41, 5.74) is 0.152.